The van der Waals surface area contributed by atoms with Crippen LogP contribution in [0.5, 0.6) is 0 Å². The van der Waals surface area contributed by atoms with E-state index in [2.05, 4.69) is 5.16 Å². The van der Waals surface area contributed by atoms with Crippen molar-refractivity contribution < 1.29 is 32.4 Å². The summed E-state index contributed by atoms with van der Waals surface area (Å²) in [6.45, 7) is 0.658. The summed E-state index contributed by atoms with van der Waals surface area (Å²) in [7, 11) is 0. The Morgan fingerprint density at radius 1 is 0.917 bits per heavy atom. The number of fused-ring (bicyclic) bond motifs is 1. The predicted octanol–water partition coefficient (Wildman–Crippen LogP) is 1.72. The van der Waals surface area contributed by atoms with Crippen LogP contribution in [0.15, 0.2) is 5.16 Å². The fraction of sp³-hybridized carbons (Fsp3) is 0.357. The van der Waals surface area contributed by atoms with Crippen molar-refractivity contribution in [2.75, 3.05) is 13.1 Å². The Morgan fingerprint density at radius 2 is 1.38 bits per heavy atom. The standard InChI is InChI=1S/C14H11F4N3O3/c15-9-7-8(10(16)12(18)11(9)17)14(23)21(13(7)22)6-1-3-20(4-2-6)5-19-24/h5-6,24H,1-4H2. The maximum Gasteiger partial charge on any atom is 0.265 e. The molecule has 2 aliphatic heterocycles. The van der Waals surface area contributed by atoms with Crippen molar-refractivity contribution in [3.05, 3.63) is 34.4 Å². The van der Waals surface area contributed by atoms with Gasteiger partial charge in [0.05, 0.1) is 11.1 Å². The zero-order valence-electron chi connectivity index (χ0n) is 12.1. The number of benzene rings is 1. The van der Waals surface area contributed by atoms with Gasteiger partial charge in [-0.25, -0.2) is 17.6 Å². The molecule has 1 aromatic rings. The van der Waals surface area contributed by atoms with E-state index in [0.29, 0.717) is 18.0 Å². The molecule has 2 heterocycles. The van der Waals surface area contributed by atoms with Crippen molar-refractivity contribution in [1.29, 1.82) is 0 Å². The average molecular weight is 345 g/mol. The first-order valence-electron chi connectivity index (χ1n) is 7.03. The van der Waals surface area contributed by atoms with Crippen LogP contribution < -0.4 is 0 Å². The molecule has 128 valence electrons. The summed E-state index contributed by atoms with van der Waals surface area (Å²) in [6, 6.07) is -0.675. The Morgan fingerprint density at radius 3 is 1.79 bits per heavy atom. The van der Waals surface area contributed by atoms with Gasteiger partial charge in [0, 0.05) is 19.1 Å². The molecule has 0 atom stereocenters. The van der Waals surface area contributed by atoms with Crippen LogP contribution >= 0.6 is 0 Å². The summed E-state index contributed by atoms with van der Waals surface area (Å²) in [5.41, 5.74) is -2.15. The van der Waals surface area contributed by atoms with Crippen molar-refractivity contribution in [2.45, 2.75) is 18.9 Å². The summed E-state index contributed by atoms with van der Waals surface area (Å²) >= 11 is 0. The predicted molar refractivity (Wildman–Crippen MR) is 71.6 cm³/mol. The summed E-state index contributed by atoms with van der Waals surface area (Å²) in [5.74, 6) is -10.3. The highest BCUT2D eigenvalue weighted by Crippen LogP contribution is 2.34. The number of amides is 2. The minimum Gasteiger partial charge on any atom is -0.410 e. The van der Waals surface area contributed by atoms with E-state index in [9.17, 15) is 27.2 Å². The van der Waals surface area contributed by atoms with Gasteiger partial charge < -0.3 is 10.1 Å². The first-order valence-corrected chi connectivity index (χ1v) is 7.03. The van der Waals surface area contributed by atoms with Crippen LogP contribution in [-0.4, -0.2) is 52.3 Å². The van der Waals surface area contributed by atoms with E-state index in [-0.39, 0.29) is 12.8 Å². The molecule has 0 aromatic heterocycles. The molecule has 24 heavy (non-hydrogen) atoms. The molecule has 0 aliphatic carbocycles. The Balaban J connectivity index is 1.94. The second-order valence-electron chi connectivity index (χ2n) is 5.48. The second-order valence-corrected chi connectivity index (χ2v) is 5.48. The third-order valence-electron chi connectivity index (χ3n) is 4.21. The number of nitrogens with zero attached hydrogens (tertiary/aromatic N) is 3. The minimum absolute atomic E-state index is 0.256. The van der Waals surface area contributed by atoms with E-state index in [4.69, 9.17) is 5.21 Å². The topological polar surface area (TPSA) is 73.2 Å². The molecule has 0 saturated carbocycles. The van der Waals surface area contributed by atoms with E-state index >= 15 is 0 Å². The second kappa shape index (κ2) is 5.77. The molecular weight excluding hydrogens is 334 g/mol. The largest absolute Gasteiger partial charge is 0.410 e. The van der Waals surface area contributed by atoms with Crippen molar-refractivity contribution in [2.24, 2.45) is 5.16 Å². The van der Waals surface area contributed by atoms with Crippen LogP contribution in [-0.2, 0) is 0 Å². The quantitative estimate of drug-likeness (QED) is 0.129. The van der Waals surface area contributed by atoms with Gasteiger partial charge in [0.2, 0.25) is 0 Å². The average Bonchev–Trinajstić information content (AvgIpc) is 2.83. The summed E-state index contributed by atoms with van der Waals surface area (Å²) in [6.07, 6.45) is 1.68. The van der Waals surface area contributed by atoms with Gasteiger partial charge in [-0.1, -0.05) is 5.16 Å². The van der Waals surface area contributed by atoms with Gasteiger partial charge in [-0.3, -0.25) is 14.5 Å². The lowest BCUT2D eigenvalue weighted by Gasteiger charge is -2.34. The first-order chi connectivity index (χ1) is 11.4. The molecule has 1 aromatic carbocycles. The lowest BCUT2D eigenvalue weighted by molar-refractivity contribution is 0.0529. The van der Waals surface area contributed by atoms with Gasteiger partial charge in [-0.2, -0.15) is 0 Å². The Kier molecular flexibility index (Phi) is 3.90. The number of piperidine rings is 1. The highest BCUT2D eigenvalue weighted by molar-refractivity contribution is 6.21. The number of hydrogen-bond donors (Lipinski definition) is 1. The van der Waals surface area contributed by atoms with Crippen LogP contribution in [0.25, 0.3) is 0 Å². The minimum atomic E-state index is -2.12. The monoisotopic (exact) mass is 345 g/mol. The van der Waals surface area contributed by atoms with Crippen molar-refractivity contribution in [1.82, 2.24) is 9.80 Å². The molecule has 2 aliphatic rings. The highest BCUT2D eigenvalue weighted by atomic mass is 19.2. The number of rotatable bonds is 2. The van der Waals surface area contributed by atoms with Crippen LogP contribution in [0.4, 0.5) is 17.6 Å². The number of carbonyl (C=O) groups is 2. The van der Waals surface area contributed by atoms with E-state index in [1.807, 2.05) is 0 Å². The summed E-state index contributed by atoms with van der Waals surface area (Å²) in [5, 5.41) is 11.3. The van der Waals surface area contributed by atoms with Gasteiger partial charge in [-0.05, 0) is 12.8 Å². The number of hydrogen-bond acceptors (Lipinski definition) is 4. The molecule has 0 radical (unpaired) electrons. The van der Waals surface area contributed by atoms with E-state index in [0.717, 1.165) is 0 Å². The van der Waals surface area contributed by atoms with Crippen LogP contribution in [0.2, 0.25) is 0 Å². The molecule has 3 rings (SSSR count). The molecule has 1 N–H and O–H groups in total. The normalized spacial score (nSPS) is 18.8. The molecule has 0 bridgehead atoms. The Labute approximate surface area is 132 Å². The van der Waals surface area contributed by atoms with E-state index in [1.165, 1.54) is 6.34 Å². The Hall–Kier alpha value is -2.65. The molecule has 6 nitrogen and oxygen atoms in total. The van der Waals surface area contributed by atoms with Gasteiger partial charge in [0.25, 0.3) is 11.8 Å². The van der Waals surface area contributed by atoms with Crippen LogP contribution in [0.3, 0.4) is 0 Å². The van der Waals surface area contributed by atoms with Crippen LogP contribution in [0.1, 0.15) is 33.6 Å². The smallest absolute Gasteiger partial charge is 0.265 e. The Bertz CT molecular complexity index is 713. The lowest BCUT2D eigenvalue weighted by atomic mass is 10.0. The third-order valence-corrected chi connectivity index (χ3v) is 4.21. The number of likely N-dealkylation sites (tertiary alicyclic amines) is 1. The SMILES string of the molecule is O=C1c2c(F)c(F)c(F)c(F)c2C(=O)N1C1CCN(C=NO)CC1. The molecule has 0 unspecified atom stereocenters. The van der Waals surface area contributed by atoms with Crippen molar-refractivity contribution in [3.63, 3.8) is 0 Å². The molecular formula is C14H11F4N3O3. The van der Waals surface area contributed by atoms with E-state index < -0.39 is 52.3 Å². The summed E-state index contributed by atoms with van der Waals surface area (Å²) < 4.78 is 54.3. The van der Waals surface area contributed by atoms with Gasteiger partial charge in [0.1, 0.15) is 6.34 Å². The van der Waals surface area contributed by atoms with Gasteiger partial charge in [0.15, 0.2) is 23.3 Å². The maximum absolute atomic E-state index is 13.8. The molecule has 1 fully saturated rings. The molecule has 10 heteroatoms. The zero-order chi connectivity index (χ0) is 17.6. The fourth-order valence-corrected chi connectivity index (χ4v) is 3.03. The molecule has 0 spiro atoms. The highest BCUT2D eigenvalue weighted by Gasteiger charge is 2.46. The molecule has 1 saturated heterocycles. The maximum atomic E-state index is 13.8. The van der Waals surface area contributed by atoms with Crippen molar-refractivity contribution >= 4 is 18.2 Å². The summed E-state index contributed by atoms with van der Waals surface area (Å²) in [4.78, 5) is 26.8. The number of halogens is 4. The lowest BCUT2D eigenvalue weighted by Crippen LogP contribution is -2.47. The van der Waals surface area contributed by atoms with Crippen molar-refractivity contribution in [3.8, 4) is 0 Å². The first kappa shape index (κ1) is 16.2. The van der Waals surface area contributed by atoms with E-state index in [1.54, 1.807) is 4.90 Å². The number of imide groups is 1. The number of carbonyl (C=O) groups excluding carboxylic acids is 2. The van der Waals surface area contributed by atoms with Crippen LogP contribution in [0, 0.1) is 23.3 Å². The zero-order valence-corrected chi connectivity index (χ0v) is 12.1. The number of oxime groups is 1. The van der Waals surface area contributed by atoms with Gasteiger partial charge >= 0.3 is 0 Å². The molecule has 2 amide bonds. The fourth-order valence-electron chi connectivity index (χ4n) is 3.03. The third kappa shape index (κ3) is 2.21. The van der Waals surface area contributed by atoms with Gasteiger partial charge in [-0.15, -0.1) is 0 Å².